The molecule has 166 valence electrons. The summed E-state index contributed by atoms with van der Waals surface area (Å²) in [6.07, 6.45) is 1.59. The Morgan fingerprint density at radius 1 is 1.00 bits per heavy atom. The normalized spacial score (nSPS) is 10.9. The molecule has 0 atom stereocenters. The average molecular weight is 458 g/mol. The van der Waals surface area contributed by atoms with Crippen LogP contribution in [0.5, 0.6) is 11.5 Å². The van der Waals surface area contributed by atoms with Gasteiger partial charge in [0, 0.05) is 12.1 Å². The van der Waals surface area contributed by atoms with Crippen molar-refractivity contribution in [2.45, 2.75) is 18.6 Å². The van der Waals surface area contributed by atoms with E-state index in [0.717, 1.165) is 22.7 Å². The van der Waals surface area contributed by atoms with E-state index >= 15 is 0 Å². The maximum atomic E-state index is 12.3. The fourth-order valence-corrected chi connectivity index (χ4v) is 3.90. The second-order valence-corrected chi connectivity index (χ2v) is 7.93. The number of hydrogen-bond acceptors (Lipinski definition) is 6. The number of carbonyl (C=O) groups is 1. The number of thioether (sulfide) groups is 1. The lowest BCUT2D eigenvalue weighted by atomic mass is 10.2. The molecule has 0 unspecified atom stereocenters. The number of amides is 1. The van der Waals surface area contributed by atoms with Gasteiger partial charge >= 0.3 is 0 Å². The molecule has 0 fully saturated rings. The predicted octanol–water partition coefficient (Wildman–Crippen LogP) is 5.00. The third-order valence-corrected chi connectivity index (χ3v) is 5.60. The highest BCUT2D eigenvalue weighted by molar-refractivity contribution is 7.99. The smallest absolute Gasteiger partial charge is 0.250 e. The zero-order valence-electron chi connectivity index (χ0n) is 18.1. The molecule has 0 radical (unpaired) electrons. The molecule has 1 aromatic heterocycles. The molecule has 4 rings (SSSR count). The molecule has 0 spiro atoms. The molecular formula is C25H23N5O2S. The summed E-state index contributed by atoms with van der Waals surface area (Å²) in [5, 5.41) is 13.3. The third-order valence-electron chi connectivity index (χ3n) is 4.64. The first-order valence-electron chi connectivity index (χ1n) is 10.5. The summed E-state index contributed by atoms with van der Waals surface area (Å²) in [7, 11) is 0. The number of nitrogens with zero attached hydrogens (tertiary/aromatic N) is 4. The quantitative estimate of drug-likeness (QED) is 0.217. The molecule has 1 amide bonds. The maximum Gasteiger partial charge on any atom is 0.250 e. The van der Waals surface area contributed by atoms with Crippen LogP contribution in [-0.2, 0) is 11.3 Å². The van der Waals surface area contributed by atoms with Crippen LogP contribution in [-0.4, -0.2) is 32.6 Å². The van der Waals surface area contributed by atoms with Crippen molar-refractivity contribution in [2.24, 2.45) is 5.10 Å². The van der Waals surface area contributed by atoms with Crippen LogP contribution in [0.2, 0.25) is 0 Å². The van der Waals surface area contributed by atoms with Gasteiger partial charge in [0.15, 0.2) is 11.0 Å². The Hall–Kier alpha value is -3.91. The molecule has 0 saturated carbocycles. The third kappa shape index (κ3) is 6.08. The molecule has 4 aromatic rings. The van der Waals surface area contributed by atoms with E-state index in [1.54, 1.807) is 6.21 Å². The lowest BCUT2D eigenvalue weighted by Crippen LogP contribution is -2.20. The van der Waals surface area contributed by atoms with E-state index < -0.39 is 0 Å². The summed E-state index contributed by atoms with van der Waals surface area (Å²) in [4.78, 5) is 12.3. The van der Waals surface area contributed by atoms with E-state index in [2.05, 4.69) is 20.7 Å². The van der Waals surface area contributed by atoms with Gasteiger partial charge in [-0.05, 0) is 36.8 Å². The number of carbonyl (C=O) groups excluding carboxylic acids is 1. The summed E-state index contributed by atoms with van der Waals surface area (Å²) in [6, 6.07) is 26.9. The Balaban J connectivity index is 1.31. The van der Waals surface area contributed by atoms with E-state index in [-0.39, 0.29) is 11.7 Å². The SMILES string of the molecule is CCn1c(SCC(=O)N/N=C/c2cccc(Oc3ccccc3)c2)nnc1-c1ccccc1. The maximum absolute atomic E-state index is 12.3. The van der Waals surface area contributed by atoms with Crippen LogP contribution in [0.15, 0.2) is 95.2 Å². The Morgan fingerprint density at radius 3 is 2.48 bits per heavy atom. The van der Waals surface area contributed by atoms with Gasteiger partial charge in [-0.15, -0.1) is 10.2 Å². The number of ether oxygens (including phenoxy) is 1. The Morgan fingerprint density at radius 2 is 1.73 bits per heavy atom. The molecule has 0 bridgehead atoms. The van der Waals surface area contributed by atoms with Crippen molar-refractivity contribution >= 4 is 23.9 Å². The van der Waals surface area contributed by atoms with Crippen LogP contribution in [0.3, 0.4) is 0 Å². The van der Waals surface area contributed by atoms with Gasteiger partial charge in [0.1, 0.15) is 11.5 Å². The van der Waals surface area contributed by atoms with Gasteiger partial charge in [-0.3, -0.25) is 4.79 Å². The minimum absolute atomic E-state index is 0.182. The number of benzene rings is 3. The van der Waals surface area contributed by atoms with Gasteiger partial charge < -0.3 is 9.30 Å². The number of aromatic nitrogens is 3. The molecule has 8 heteroatoms. The van der Waals surface area contributed by atoms with Gasteiger partial charge in [-0.25, -0.2) is 5.43 Å². The molecule has 0 aliphatic heterocycles. The van der Waals surface area contributed by atoms with Crippen LogP contribution in [0.25, 0.3) is 11.4 Å². The van der Waals surface area contributed by atoms with Crippen molar-refractivity contribution in [1.29, 1.82) is 0 Å². The van der Waals surface area contributed by atoms with Gasteiger partial charge in [0.25, 0.3) is 5.91 Å². The molecule has 0 saturated heterocycles. The van der Waals surface area contributed by atoms with Gasteiger partial charge in [0.2, 0.25) is 0 Å². The first-order valence-corrected chi connectivity index (χ1v) is 11.5. The molecule has 1 N–H and O–H groups in total. The zero-order chi connectivity index (χ0) is 22.9. The Bertz CT molecular complexity index is 1230. The molecule has 0 aliphatic rings. The summed E-state index contributed by atoms with van der Waals surface area (Å²) < 4.78 is 7.82. The van der Waals surface area contributed by atoms with Gasteiger partial charge in [-0.1, -0.05) is 72.4 Å². The first-order chi connectivity index (χ1) is 16.2. The Labute approximate surface area is 196 Å². The topological polar surface area (TPSA) is 81.4 Å². The van der Waals surface area contributed by atoms with Crippen LogP contribution >= 0.6 is 11.8 Å². The fourth-order valence-electron chi connectivity index (χ4n) is 3.11. The molecular weight excluding hydrogens is 434 g/mol. The summed E-state index contributed by atoms with van der Waals surface area (Å²) in [6.45, 7) is 2.74. The lowest BCUT2D eigenvalue weighted by molar-refractivity contribution is -0.118. The number of para-hydroxylation sites is 1. The monoisotopic (exact) mass is 457 g/mol. The van der Waals surface area contributed by atoms with E-state index in [1.165, 1.54) is 11.8 Å². The van der Waals surface area contributed by atoms with Crippen molar-refractivity contribution in [3.8, 4) is 22.9 Å². The van der Waals surface area contributed by atoms with Crippen LogP contribution in [0, 0.1) is 0 Å². The standard InChI is InChI=1S/C25H23N5O2S/c1-2-30-24(20-11-5-3-6-12-20)28-29-25(30)33-18-23(31)27-26-17-19-10-9-15-22(16-19)32-21-13-7-4-8-14-21/h3-17H,2,18H2,1H3,(H,27,31)/b26-17+. The van der Waals surface area contributed by atoms with Crippen molar-refractivity contribution in [2.75, 3.05) is 5.75 Å². The highest BCUT2D eigenvalue weighted by Crippen LogP contribution is 2.24. The Kier molecular flexibility index (Phi) is 7.50. The van der Waals surface area contributed by atoms with Gasteiger partial charge in [0.05, 0.1) is 12.0 Å². The van der Waals surface area contributed by atoms with Crippen molar-refractivity contribution in [1.82, 2.24) is 20.2 Å². The summed E-state index contributed by atoms with van der Waals surface area (Å²) in [5.41, 5.74) is 4.36. The first kappa shape index (κ1) is 22.3. The van der Waals surface area contributed by atoms with Crippen LogP contribution in [0.4, 0.5) is 0 Å². The van der Waals surface area contributed by atoms with Crippen molar-refractivity contribution < 1.29 is 9.53 Å². The molecule has 1 heterocycles. The van der Waals surface area contributed by atoms with Gasteiger partial charge in [-0.2, -0.15) is 5.10 Å². The largest absolute Gasteiger partial charge is 0.457 e. The zero-order valence-corrected chi connectivity index (χ0v) is 18.9. The van der Waals surface area contributed by atoms with Crippen LogP contribution in [0.1, 0.15) is 12.5 Å². The number of hydrazone groups is 1. The lowest BCUT2D eigenvalue weighted by Gasteiger charge is -2.07. The molecule has 33 heavy (non-hydrogen) atoms. The highest BCUT2D eigenvalue weighted by atomic mass is 32.2. The number of rotatable bonds is 9. The molecule has 7 nitrogen and oxygen atoms in total. The molecule has 0 aliphatic carbocycles. The predicted molar refractivity (Wildman–Crippen MR) is 131 cm³/mol. The average Bonchev–Trinajstić information content (AvgIpc) is 3.27. The fraction of sp³-hybridized carbons (Fsp3) is 0.120. The van der Waals surface area contributed by atoms with Crippen LogP contribution < -0.4 is 10.2 Å². The second-order valence-electron chi connectivity index (χ2n) is 6.99. The second kappa shape index (κ2) is 11.1. The minimum atomic E-state index is -0.222. The van der Waals surface area contributed by atoms with E-state index in [1.807, 2.05) is 96.4 Å². The highest BCUT2D eigenvalue weighted by Gasteiger charge is 2.14. The van der Waals surface area contributed by atoms with Crippen molar-refractivity contribution in [3.63, 3.8) is 0 Å². The minimum Gasteiger partial charge on any atom is -0.457 e. The van der Waals surface area contributed by atoms with Crippen molar-refractivity contribution in [3.05, 3.63) is 90.5 Å². The number of hydrogen-bond donors (Lipinski definition) is 1. The summed E-state index contributed by atoms with van der Waals surface area (Å²) >= 11 is 1.33. The van der Waals surface area contributed by atoms with E-state index in [4.69, 9.17) is 4.74 Å². The number of nitrogens with one attached hydrogen (secondary N) is 1. The molecule has 3 aromatic carbocycles. The van der Waals surface area contributed by atoms with E-state index in [0.29, 0.717) is 17.5 Å². The summed E-state index contributed by atoms with van der Waals surface area (Å²) in [5.74, 6) is 2.20. The van der Waals surface area contributed by atoms with E-state index in [9.17, 15) is 4.79 Å².